The molecule has 118 valence electrons. The number of aromatic nitrogens is 2. The summed E-state index contributed by atoms with van der Waals surface area (Å²) in [7, 11) is 5.71. The molecule has 6 heteroatoms. The van der Waals surface area contributed by atoms with Gasteiger partial charge in [0.15, 0.2) is 0 Å². The van der Waals surface area contributed by atoms with Crippen molar-refractivity contribution in [3.63, 3.8) is 0 Å². The van der Waals surface area contributed by atoms with Crippen LogP contribution in [0.1, 0.15) is 5.69 Å². The van der Waals surface area contributed by atoms with E-state index in [0.717, 1.165) is 22.9 Å². The Kier molecular flexibility index (Phi) is 5.55. The van der Waals surface area contributed by atoms with Gasteiger partial charge in [-0.25, -0.2) is 4.98 Å². The van der Waals surface area contributed by atoms with Crippen LogP contribution >= 0.6 is 0 Å². The number of rotatable bonds is 7. The van der Waals surface area contributed by atoms with Crippen LogP contribution < -0.4 is 15.5 Å². The molecular formula is C16H23N5O. The van der Waals surface area contributed by atoms with Gasteiger partial charge in [-0.3, -0.25) is 0 Å². The monoisotopic (exact) mass is 301 g/mol. The van der Waals surface area contributed by atoms with Gasteiger partial charge in [-0.15, -0.1) is 0 Å². The summed E-state index contributed by atoms with van der Waals surface area (Å²) in [6.07, 6.45) is 0. The summed E-state index contributed by atoms with van der Waals surface area (Å²) in [5.74, 6) is 1.37. The van der Waals surface area contributed by atoms with Gasteiger partial charge in [0.2, 0.25) is 5.95 Å². The van der Waals surface area contributed by atoms with Crippen molar-refractivity contribution in [3.05, 3.63) is 36.0 Å². The predicted octanol–water partition coefficient (Wildman–Crippen LogP) is 2.65. The molecule has 1 aromatic heterocycles. The Morgan fingerprint density at radius 3 is 2.50 bits per heavy atom. The van der Waals surface area contributed by atoms with E-state index < -0.39 is 0 Å². The second kappa shape index (κ2) is 7.61. The summed E-state index contributed by atoms with van der Waals surface area (Å²) in [5, 5.41) is 6.44. The lowest BCUT2D eigenvalue weighted by Gasteiger charge is -2.13. The Bertz CT molecular complexity index is 598. The Morgan fingerprint density at radius 2 is 1.86 bits per heavy atom. The molecule has 0 amide bonds. The zero-order chi connectivity index (χ0) is 15.9. The molecule has 0 saturated carbocycles. The minimum atomic E-state index is 0.581. The maximum atomic E-state index is 5.02. The number of hydrogen-bond donors (Lipinski definition) is 2. The van der Waals surface area contributed by atoms with E-state index in [2.05, 4.69) is 37.6 Å². The third-order valence-corrected chi connectivity index (χ3v) is 3.11. The molecule has 22 heavy (non-hydrogen) atoms. The molecule has 0 fully saturated rings. The van der Waals surface area contributed by atoms with Crippen LogP contribution in [0.2, 0.25) is 0 Å². The minimum Gasteiger partial charge on any atom is -0.383 e. The molecule has 0 atom stereocenters. The molecule has 0 radical (unpaired) electrons. The maximum Gasteiger partial charge on any atom is 0.229 e. The lowest BCUT2D eigenvalue weighted by Crippen LogP contribution is -2.10. The highest BCUT2D eigenvalue weighted by Gasteiger charge is 2.03. The molecule has 0 aliphatic carbocycles. The number of ether oxygens (including phenoxy) is 1. The van der Waals surface area contributed by atoms with Crippen LogP contribution in [0.25, 0.3) is 0 Å². The minimum absolute atomic E-state index is 0.581. The lowest BCUT2D eigenvalue weighted by molar-refractivity contribution is 0.210. The van der Waals surface area contributed by atoms with Crippen LogP contribution in [0.4, 0.5) is 23.1 Å². The molecule has 0 unspecified atom stereocenters. The molecule has 0 spiro atoms. The van der Waals surface area contributed by atoms with Crippen molar-refractivity contribution in [2.24, 2.45) is 0 Å². The Labute approximate surface area is 131 Å². The van der Waals surface area contributed by atoms with Gasteiger partial charge in [0.1, 0.15) is 5.82 Å². The fourth-order valence-corrected chi connectivity index (χ4v) is 1.97. The molecule has 2 rings (SSSR count). The average Bonchev–Trinajstić information content (AvgIpc) is 2.47. The summed E-state index contributed by atoms with van der Waals surface area (Å²) in [6.45, 7) is 3.30. The van der Waals surface area contributed by atoms with Crippen molar-refractivity contribution in [3.8, 4) is 0 Å². The van der Waals surface area contributed by atoms with Crippen LogP contribution in [-0.2, 0) is 4.74 Å². The summed E-state index contributed by atoms with van der Waals surface area (Å²) < 4.78 is 5.02. The van der Waals surface area contributed by atoms with Crippen LogP contribution in [0, 0.1) is 6.92 Å². The number of anilines is 4. The Morgan fingerprint density at radius 1 is 1.14 bits per heavy atom. The standard InChI is InChI=1S/C16H23N5O/c1-12-11-15(17-9-10-22-4)20-16(18-12)19-13-5-7-14(8-6-13)21(2)3/h5-8,11H,9-10H2,1-4H3,(H2,17,18,19,20). The first kappa shape index (κ1) is 16.0. The van der Waals surface area contributed by atoms with Gasteiger partial charge in [0.05, 0.1) is 6.61 Å². The van der Waals surface area contributed by atoms with Crippen molar-refractivity contribution < 1.29 is 4.74 Å². The first-order chi connectivity index (χ1) is 10.6. The first-order valence-corrected chi connectivity index (χ1v) is 7.21. The number of benzene rings is 1. The van der Waals surface area contributed by atoms with Gasteiger partial charge in [-0.05, 0) is 31.2 Å². The van der Waals surface area contributed by atoms with E-state index in [4.69, 9.17) is 4.74 Å². The molecule has 1 aromatic carbocycles. The van der Waals surface area contributed by atoms with Crippen molar-refractivity contribution in [1.82, 2.24) is 9.97 Å². The average molecular weight is 301 g/mol. The van der Waals surface area contributed by atoms with E-state index in [1.165, 1.54) is 0 Å². The van der Waals surface area contributed by atoms with E-state index in [0.29, 0.717) is 19.1 Å². The van der Waals surface area contributed by atoms with Crippen molar-refractivity contribution in [2.45, 2.75) is 6.92 Å². The topological polar surface area (TPSA) is 62.3 Å². The van der Waals surface area contributed by atoms with Gasteiger partial charge in [-0.2, -0.15) is 4.98 Å². The summed E-state index contributed by atoms with van der Waals surface area (Å²) in [4.78, 5) is 10.9. The van der Waals surface area contributed by atoms with Crippen molar-refractivity contribution in [1.29, 1.82) is 0 Å². The van der Waals surface area contributed by atoms with Crippen molar-refractivity contribution in [2.75, 3.05) is 49.9 Å². The van der Waals surface area contributed by atoms with Gasteiger partial charge in [-0.1, -0.05) is 0 Å². The molecular weight excluding hydrogens is 278 g/mol. The zero-order valence-electron chi connectivity index (χ0n) is 13.6. The summed E-state index contributed by atoms with van der Waals surface area (Å²) >= 11 is 0. The normalized spacial score (nSPS) is 10.4. The van der Waals surface area contributed by atoms with Crippen molar-refractivity contribution >= 4 is 23.1 Å². The summed E-state index contributed by atoms with van der Waals surface area (Å²) in [6, 6.07) is 10.0. The van der Waals surface area contributed by atoms with Gasteiger partial charge in [0, 0.05) is 50.9 Å². The molecule has 0 aliphatic heterocycles. The molecule has 6 nitrogen and oxygen atoms in total. The van der Waals surface area contributed by atoms with E-state index in [1.807, 2.05) is 39.2 Å². The van der Waals surface area contributed by atoms with E-state index >= 15 is 0 Å². The van der Waals surface area contributed by atoms with E-state index in [-0.39, 0.29) is 0 Å². The highest BCUT2D eigenvalue weighted by molar-refractivity contribution is 5.59. The molecule has 2 N–H and O–H groups in total. The summed E-state index contributed by atoms with van der Waals surface area (Å²) in [5.41, 5.74) is 3.01. The fraction of sp³-hybridized carbons (Fsp3) is 0.375. The third kappa shape index (κ3) is 4.60. The second-order valence-corrected chi connectivity index (χ2v) is 5.20. The number of aryl methyl sites for hydroxylation is 1. The third-order valence-electron chi connectivity index (χ3n) is 3.11. The number of nitrogens with one attached hydrogen (secondary N) is 2. The lowest BCUT2D eigenvalue weighted by atomic mass is 10.2. The van der Waals surface area contributed by atoms with Crippen LogP contribution in [0.15, 0.2) is 30.3 Å². The van der Waals surface area contributed by atoms with Crippen LogP contribution in [-0.4, -0.2) is 44.3 Å². The molecule has 0 saturated heterocycles. The van der Waals surface area contributed by atoms with E-state index in [1.54, 1.807) is 7.11 Å². The quantitative estimate of drug-likeness (QED) is 0.767. The highest BCUT2D eigenvalue weighted by Crippen LogP contribution is 2.19. The maximum absolute atomic E-state index is 5.02. The van der Waals surface area contributed by atoms with Crippen LogP contribution in [0.3, 0.4) is 0 Å². The van der Waals surface area contributed by atoms with E-state index in [9.17, 15) is 0 Å². The molecule has 0 aliphatic rings. The van der Waals surface area contributed by atoms with Gasteiger partial charge in [0.25, 0.3) is 0 Å². The number of hydrogen-bond acceptors (Lipinski definition) is 6. The molecule has 1 heterocycles. The van der Waals surface area contributed by atoms with Gasteiger partial charge >= 0.3 is 0 Å². The Balaban J connectivity index is 2.08. The smallest absolute Gasteiger partial charge is 0.229 e. The highest BCUT2D eigenvalue weighted by atomic mass is 16.5. The predicted molar refractivity (Wildman–Crippen MR) is 91.2 cm³/mol. The SMILES string of the molecule is COCCNc1cc(C)nc(Nc2ccc(N(C)C)cc2)n1. The molecule has 2 aromatic rings. The first-order valence-electron chi connectivity index (χ1n) is 7.21. The fourth-order valence-electron chi connectivity index (χ4n) is 1.97. The molecule has 0 bridgehead atoms. The number of nitrogens with zero attached hydrogens (tertiary/aromatic N) is 3. The van der Waals surface area contributed by atoms with Gasteiger partial charge < -0.3 is 20.3 Å². The zero-order valence-corrected chi connectivity index (χ0v) is 13.6. The second-order valence-electron chi connectivity index (χ2n) is 5.20. The number of methoxy groups -OCH3 is 1. The largest absolute Gasteiger partial charge is 0.383 e. The van der Waals surface area contributed by atoms with Crippen LogP contribution in [0.5, 0.6) is 0 Å². The Hall–Kier alpha value is -2.34.